The van der Waals surface area contributed by atoms with Crippen LogP contribution in [0.1, 0.15) is 40.3 Å². The molecular weight excluding hydrogens is 318 g/mol. The van der Waals surface area contributed by atoms with Crippen molar-refractivity contribution < 1.29 is 4.79 Å². The Balaban J connectivity index is 1.39. The minimum Gasteiger partial charge on any atom is -0.336 e. The highest BCUT2D eigenvalue weighted by Crippen LogP contribution is 2.27. The second-order valence-electron chi connectivity index (χ2n) is 6.70. The highest BCUT2D eigenvalue weighted by Gasteiger charge is 2.31. The fraction of sp³-hybridized carbons (Fsp3) is 0.474. The van der Waals surface area contributed by atoms with Crippen molar-refractivity contribution in [3.05, 3.63) is 52.0 Å². The number of hydrogen-bond acceptors (Lipinski definition) is 4. The molecule has 1 saturated carbocycles. The fourth-order valence-corrected chi connectivity index (χ4v) is 4.17. The molecule has 2 heterocycles. The van der Waals surface area contributed by atoms with Gasteiger partial charge in [0, 0.05) is 44.0 Å². The summed E-state index contributed by atoms with van der Waals surface area (Å²) < 4.78 is 0. The molecule has 5 heteroatoms. The zero-order valence-corrected chi connectivity index (χ0v) is 14.7. The third kappa shape index (κ3) is 3.68. The van der Waals surface area contributed by atoms with Crippen LogP contribution in [0.25, 0.3) is 0 Å². The molecule has 0 atom stereocenters. The number of aromatic nitrogens is 1. The lowest BCUT2D eigenvalue weighted by atomic mass is 10.2. The Morgan fingerprint density at radius 3 is 2.75 bits per heavy atom. The number of hydrogen-bond donors (Lipinski definition) is 0. The van der Waals surface area contributed by atoms with Gasteiger partial charge in [-0.25, -0.2) is 4.98 Å². The zero-order chi connectivity index (χ0) is 16.4. The van der Waals surface area contributed by atoms with Crippen LogP contribution >= 0.6 is 11.3 Å². The molecule has 2 fully saturated rings. The third-order valence-corrected chi connectivity index (χ3v) is 5.70. The molecule has 0 bridgehead atoms. The molecule has 2 aromatic rings. The molecule has 4 nitrogen and oxygen atoms in total. The van der Waals surface area contributed by atoms with Gasteiger partial charge in [-0.05, 0) is 24.8 Å². The second kappa shape index (κ2) is 7.03. The lowest BCUT2D eigenvalue weighted by Crippen LogP contribution is -2.36. The molecule has 0 unspecified atom stereocenters. The van der Waals surface area contributed by atoms with Crippen molar-refractivity contribution in [2.45, 2.75) is 31.7 Å². The van der Waals surface area contributed by atoms with E-state index in [1.54, 1.807) is 11.3 Å². The summed E-state index contributed by atoms with van der Waals surface area (Å²) in [4.78, 5) is 21.9. The van der Waals surface area contributed by atoms with Crippen molar-refractivity contribution in [3.8, 4) is 0 Å². The largest absolute Gasteiger partial charge is 0.336 e. The molecule has 126 valence electrons. The summed E-state index contributed by atoms with van der Waals surface area (Å²) in [6.07, 6.45) is 4.54. The minimum absolute atomic E-state index is 0.100. The molecule has 1 saturated heterocycles. The van der Waals surface area contributed by atoms with Gasteiger partial charge in [0.2, 0.25) is 0 Å². The number of benzene rings is 1. The van der Waals surface area contributed by atoms with Gasteiger partial charge in [-0.15, -0.1) is 11.3 Å². The molecule has 1 aliphatic carbocycles. The number of thiazole rings is 1. The maximum Gasteiger partial charge on any atom is 0.273 e. The van der Waals surface area contributed by atoms with Crippen LogP contribution in [0.15, 0.2) is 35.7 Å². The van der Waals surface area contributed by atoms with Gasteiger partial charge in [-0.3, -0.25) is 9.69 Å². The lowest BCUT2D eigenvalue weighted by molar-refractivity contribution is 0.0755. The molecular formula is C19H23N3OS. The van der Waals surface area contributed by atoms with Gasteiger partial charge in [0.25, 0.3) is 5.91 Å². The molecule has 1 aromatic carbocycles. The highest BCUT2D eigenvalue weighted by atomic mass is 32.1. The van der Waals surface area contributed by atoms with Gasteiger partial charge in [-0.1, -0.05) is 30.3 Å². The molecule has 1 amide bonds. The first-order valence-corrected chi connectivity index (χ1v) is 9.69. The summed E-state index contributed by atoms with van der Waals surface area (Å²) in [6, 6.07) is 11.1. The highest BCUT2D eigenvalue weighted by molar-refractivity contribution is 7.09. The lowest BCUT2D eigenvalue weighted by Gasteiger charge is -2.21. The average Bonchev–Trinajstić information content (AvgIpc) is 3.38. The number of carbonyl (C=O) groups is 1. The molecule has 0 spiro atoms. The molecule has 2 aliphatic rings. The van der Waals surface area contributed by atoms with E-state index in [9.17, 15) is 4.79 Å². The van der Waals surface area contributed by atoms with E-state index in [2.05, 4.69) is 22.0 Å². The maximum absolute atomic E-state index is 12.8. The SMILES string of the molecule is O=C(c1csc(Cc2ccccc2)n1)N1CCCN(C2CC2)CC1. The van der Waals surface area contributed by atoms with Crippen molar-refractivity contribution in [3.63, 3.8) is 0 Å². The van der Waals surface area contributed by atoms with Crippen molar-refractivity contribution >= 4 is 17.2 Å². The first-order chi connectivity index (χ1) is 11.8. The van der Waals surface area contributed by atoms with Crippen molar-refractivity contribution in [2.24, 2.45) is 0 Å². The molecule has 24 heavy (non-hydrogen) atoms. The molecule has 1 aliphatic heterocycles. The quantitative estimate of drug-likeness (QED) is 0.858. The van der Waals surface area contributed by atoms with Gasteiger partial charge in [-0.2, -0.15) is 0 Å². The summed E-state index contributed by atoms with van der Waals surface area (Å²) in [5.74, 6) is 0.100. The zero-order valence-electron chi connectivity index (χ0n) is 13.9. The van der Waals surface area contributed by atoms with Gasteiger partial charge in [0.05, 0.1) is 5.01 Å². The van der Waals surface area contributed by atoms with Crippen LogP contribution in [-0.2, 0) is 6.42 Å². The van der Waals surface area contributed by atoms with Crippen molar-refractivity contribution in [2.75, 3.05) is 26.2 Å². The van der Waals surface area contributed by atoms with E-state index in [0.29, 0.717) is 5.69 Å². The van der Waals surface area contributed by atoms with E-state index in [0.717, 1.165) is 50.1 Å². The van der Waals surface area contributed by atoms with Gasteiger partial charge < -0.3 is 4.90 Å². The van der Waals surface area contributed by atoms with E-state index < -0.39 is 0 Å². The predicted molar refractivity (Wildman–Crippen MR) is 96.5 cm³/mol. The van der Waals surface area contributed by atoms with Crippen LogP contribution in [0.5, 0.6) is 0 Å². The number of amides is 1. The Labute approximate surface area is 147 Å². The summed E-state index contributed by atoms with van der Waals surface area (Å²) in [6.45, 7) is 3.83. The third-order valence-electron chi connectivity index (χ3n) is 4.85. The standard InChI is InChI=1S/C19H23N3OS/c23-19(22-10-4-9-21(11-12-22)16-7-8-16)17-14-24-18(20-17)13-15-5-2-1-3-6-15/h1-3,5-6,14,16H,4,7-13H2. The van der Waals surface area contributed by atoms with E-state index in [-0.39, 0.29) is 5.91 Å². The summed E-state index contributed by atoms with van der Waals surface area (Å²) in [5, 5.41) is 2.93. The normalized spacial score (nSPS) is 19.2. The van der Waals surface area contributed by atoms with Crippen LogP contribution < -0.4 is 0 Å². The molecule has 4 rings (SSSR count). The van der Waals surface area contributed by atoms with Crippen molar-refractivity contribution in [1.82, 2.24) is 14.8 Å². The fourth-order valence-electron chi connectivity index (χ4n) is 3.37. The predicted octanol–water partition coefficient (Wildman–Crippen LogP) is 3.04. The Morgan fingerprint density at radius 2 is 1.96 bits per heavy atom. The summed E-state index contributed by atoms with van der Waals surface area (Å²) in [5.41, 5.74) is 1.85. The van der Waals surface area contributed by atoms with Gasteiger partial charge >= 0.3 is 0 Å². The molecule has 1 aromatic heterocycles. The van der Waals surface area contributed by atoms with E-state index >= 15 is 0 Å². The van der Waals surface area contributed by atoms with E-state index in [1.807, 2.05) is 28.5 Å². The Morgan fingerprint density at radius 1 is 1.12 bits per heavy atom. The number of nitrogens with zero attached hydrogens (tertiary/aromatic N) is 3. The maximum atomic E-state index is 12.8. The Bertz CT molecular complexity index is 696. The van der Waals surface area contributed by atoms with Crippen LogP contribution in [-0.4, -0.2) is 52.9 Å². The summed E-state index contributed by atoms with van der Waals surface area (Å²) in [7, 11) is 0. The van der Waals surface area contributed by atoms with Crippen LogP contribution in [0.4, 0.5) is 0 Å². The van der Waals surface area contributed by atoms with Crippen molar-refractivity contribution in [1.29, 1.82) is 0 Å². The minimum atomic E-state index is 0.100. The summed E-state index contributed by atoms with van der Waals surface area (Å²) >= 11 is 1.59. The number of carbonyl (C=O) groups excluding carboxylic acids is 1. The topological polar surface area (TPSA) is 36.4 Å². The van der Waals surface area contributed by atoms with Crippen LogP contribution in [0.3, 0.4) is 0 Å². The monoisotopic (exact) mass is 341 g/mol. The number of rotatable bonds is 4. The van der Waals surface area contributed by atoms with Gasteiger partial charge in [0.1, 0.15) is 5.69 Å². The second-order valence-corrected chi connectivity index (χ2v) is 7.64. The molecule has 0 N–H and O–H groups in total. The first kappa shape index (κ1) is 15.8. The average molecular weight is 341 g/mol. The van der Waals surface area contributed by atoms with Gasteiger partial charge in [0.15, 0.2) is 0 Å². The first-order valence-electron chi connectivity index (χ1n) is 8.81. The van der Waals surface area contributed by atoms with E-state index in [1.165, 1.54) is 18.4 Å². The van der Waals surface area contributed by atoms with Crippen LogP contribution in [0.2, 0.25) is 0 Å². The van der Waals surface area contributed by atoms with E-state index in [4.69, 9.17) is 0 Å². The van der Waals surface area contributed by atoms with Crippen LogP contribution in [0, 0.1) is 0 Å². The molecule has 0 radical (unpaired) electrons. The Kier molecular flexibility index (Phi) is 4.63. The Hall–Kier alpha value is -1.72. The smallest absolute Gasteiger partial charge is 0.273 e.